The van der Waals surface area contributed by atoms with E-state index < -0.39 is 5.97 Å². The second-order valence-electron chi connectivity index (χ2n) is 3.51. The summed E-state index contributed by atoms with van der Waals surface area (Å²) in [7, 11) is 1.32. The van der Waals surface area contributed by atoms with Crippen LogP contribution in [0.15, 0.2) is 23.6 Å². The monoisotopic (exact) mass is 301 g/mol. The molecular weight excluding hydrogens is 293 g/mol. The van der Waals surface area contributed by atoms with Crippen molar-refractivity contribution in [2.24, 2.45) is 0 Å². The van der Waals surface area contributed by atoms with Crippen LogP contribution in [0.25, 0.3) is 11.1 Å². The molecule has 0 saturated heterocycles. The number of carbonyl (C=O) groups is 1. The van der Waals surface area contributed by atoms with Gasteiger partial charge in [0, 0.05) is 10.9 Å². The highest BCUT2D eigenvalue weighted by atomic mass is 35.5. The zero-order valence-corrected chi connectivity index (χ0v) is 11.7. The highest BCUT2D eigenvalue weighted by Crippen LogP contribution is 2.36. The van der Waals surface area contributed by atoms with Gasteiger partial charge in [-0.2, -0.15) is 0 Å². The lowest BCUT2D eigenvalue weighted by Crippen LogP contribution is -2.04. The van der Waals surface area contributed by atoms with Gasteiger partial charge in [-0.25, -0.2) is 4.79 Å². The van der Waals surface area contributed by atoms with E-state index in [4.69, 9.17) is 33.7 Å². The molecule has 2 aromatic rings. The Morgan fingerprint density at radius 2 is 2.06 bits per heavy atom. The van der Waals surface area contributed by atoms with Crippen LogP contribution in [0.3, 0.4) is 0 Å². The minimum absolute atomic E-state index is 0.362. The van der Waals surface area contributed by atoms with Crippen molar-refractivity contribution in [1.29, 1.82) is 0 Å². The van der Waals surface area contributed by atoms with Crippen LogP contribution >= 0.6 is 34.5 Å². The molecule has 3 nitrogen and oxygen atoms in total. The van der Waals surface area contributed by atoms with Crippen molar-refractivity contribution in [3.63, 3.8) is 0 Å². The minimum atomic E-state index is -0.463. The zero-order chi connectivity index (χ0) is 13.3. The largest absolute Gasteiger partial charge is 0.465 e. The average molecular weight is 302 g/mol. The quantitative estimate of drug-likeness (QED) is 0.850. The third-order valence-electron chi connectivity index (χ3n) is 2.44. The third kappa shape index (κ3) is 2.32. The van der Waals surface area contributed by atoms with Crippen molar-refractivity contribution in [2.45, 2.75) is 0 Å². The number of esters is 1. The first-order valence-electron chi connectivity index (χ1n) is 4.95. The maximum atomic E-state index is 11.7. The number of nitrogens with two attached hydrogens (primary N) is 1. The number of nitrogen functional groups attached to an aromatic ring is 1. The van der Waals surface area contributed by atoms with Crippen LogP contribution in [0.4, 0.5) is 5.00 Å². The predicted octanol–water partition coefficient (Wildman–Crippen LogP) is 4.09. The van der Waals surface area contributed by atoms with E-state index in [1.165, 1.54) is 18.4 Å². The summed E-state index contributed by atoms with van der Waals surface area (Å²) in [5.41, 5.74) is 7.62. The van der Waals surface area contributed by atoms with Crippen molar-refractivity contribution in [3.05, 3.63) is 39.2 Å². The number of rotatable bonds is 2. The van der Waals surface area contributed by atoms with Gasteiger partial charge >= 0.3 is 5.97 Å². The van der Waals surface area contributed by atoms with Crippen molar-refractivity contribution < 1.29 is 9.53 Å². The minimum Gasteiger partial charge on any atom is -0.465 e. The van der Waals surface area contributed by atoms with Crippen molar-refractivity contribution in [2.75, 3.05) is 12.8 Å². The number of benzene rings is 1. The number of anilines is 1. The lowest BCUT2D eigenvalue weighted by Gasteiger charge is -2.05. The summed E-state index contributed by atoms with van der Waals surface area (Å²) in [6, 6.07) is 5.15. The Bertz CT molecular complexity index is 610. The fraction of sp³-hybridized carbons (Fsp3) is 0.0833. The van der Waals surface area contributed by atoms with Gasteiger partial charge < -0.3 is 10.5 Å². The molecule has 0 atom stereocenters. The van der Waals surface area contributed by atoms with Gasteiger partial charge in [-0.3, -0.25) is 0 Å². The van der Waals surface area contributed by atoms with E-state index >= 15 is 0 Å². The first-order chi connectivity index (χ1) is 8.54. The fourth-order valence-electron chi connectivity index (χ4n) is 1.56. The number of halogens is 2. The smallest absolute Gasteiger partial charge is 0.341 e. The molecule has 6 heteroatoms. The van der Waals surface area contributed by atoms with Crippen LogP contribution in [0.5, 0.6) is 0 Å². The SMILES string of the molecule is COC(=O)c1c(-c2ccc(Cl)c(Cl)c2)csc1N. The number of methoxy groups -OCH3 is 1. The van der Waals surface area contributed by atoms with E-state index in [0.717, 1.165) is 5.56 Å². The topological polar surface area (TPSA) is 52.3 Å². The van der Waals surface area contributed by atoms with Crippen LogP contribution in [0, 0.1) is 0 Å². The standard InChI is InChI=1S/C12H9Cl2NO2S/c1-17-12(16)10-7(5-18-11(10)15)6-2-3-8(13)9(14)4-6/h2-5H,15H2,1H3. The molecule has 1 heterocycles. The van der Waals surface area contributed by atoms with Gasteiger partial charge in [0.25, 0.3) is 0 Å². The summed E-state index contributed by atoms with van der Waals surface area (Å²) < 4.78 is 4.72. The van der Waals surface area contributed by atoms with Crippen molar-refractivity contribution >= 4 is 45.5 Å². The average Bonchev–Trinajstić information content (AvgIpc) is 2.74. The van der Waals surface area contributed by atoms with E-state index in [1.807, 2.05) is 0 Å². The molecular formula is C12H9Cl2NO2S. The molecule has 0 amide bonds. The van der Waals surface area contributed by atoms with Crippen molar-refractivity contribution in [3.8, 4) is 11.1 Å². The molecule has 0 fully saturated rings. The summed E-state index contributed by atoms with van der Waals surface area (Å²) >= 11 is 13.1. The molecule has 1 aromatic carbocycles. The molecule has 18 heavy (non-hydrogen) atoms. The summed E-state index contributed by atoms with van der Waals surface area (Å²) in [5.74, 6) is -0.463. The van der Waals surface area contributed by atoms with Gasteiger partial charge in [-0.05, 0) is 17.7 Å². The first kappa shape index (κ1) is 13.2. The van der Waals surface area contributed by atoms with E-state index in [2.05, 4.69) is 0 Å². The van der Waals surface area contributed by atoms with Gasteiger partial charge in [-0.15, -0.1) is 11.3 Å². The maximum Gasteiger partial charge on any atom is 0.341 e. The molecule has 94 valence electrons. The van der Waals surface area contributed by atoms with E-state index in [1.54, 1.807) is 23.6 Å². The molecule has 0 unspecified atom stereocenters. The number of thiophene rings is 1. The van der Waals surface area contributed by atoms with Crippen LogP contribution < -0.4 is 5.73 Å². The maximum absolute atomic E-state index is 11.7. The van der Waals surface area contributed by atoms with E-state index in [0.29, 0.717) is 26.2 Å². The second-order valence-corrected chi connectivity index (χ2v) is 5.23. The molecule has 1 aromatic heterocycles. The molecule has 0 aliphatic carbocycles. The Kier molecular flexibility index (Phi) is 3.80. The Morgan fingerprint density at radius 3 is 2.67 bits per heavy atom. The summed E-state index contributed by atoms with van der Waals surface area (Å²) in [5, 5.41) is 3.10. The molecule has 0 radical (unpaired) electrons. The Labute approximate surface area is 118 Å². The summed E-state index contributed by atoms with van der Waals surface area (Å²) in [6.45, 7) is 0. The van der Waals surface area contributed by atoms with Crippen LogP contribution in [0.1, 0.15) is 10.4 Å². The number of hydrogen-bond acceptors (Lipinski definition) is 4. The first-order valence-corrected chi connectivity index (χ1v) is 6.59. The molecule has 0 bridgehead atoms. The fourth-order valence-corrected chi connectivity index (χ4v) is 2.67. The lowest BCUT2D eigenvalue weighted by molar-refractivity contribution is 0.0603. The van der Waals surface area contributed by atoms with E-state index in [-0.39, 0.29) is 0 Å². The molecule has 0 aliphatic rings. The van der Waals surface area contributed by atoms with Crippen LogP contribution in [0.2, 0.25) is 10.0 Å². The van der Waals surface area contributed by atoms with Gasteiger partial charge in [0.05, 0.1) is 17.2 Å². The highest BCUT2D eigenvalue weighted by Gasteiger charge is 2.19. The zero-order valence-electron chi connectivity index (χ0n) is 9.37. The third-order valence-corrected chi connectivity index (χ3v) is 3.99. The van der Waals surface area contributed by atoms with Crippen molar-refractivity contribution in [1.82, 2.24) is 0 Å². The molecule has 0 aliphatic heterocycles. The highest BCUT2D eigenvalue weighted by molar-refractivity contribution is 7.15. The second kappa shape index (κ2) is 5.18. The summed E-state index contributed by atoms with van der Waals surface area (Å²) in [6.07, 6.45) is 0. The Balaban J connectivity index is 2.57. The normalized spacial score (nSPS) is 10.4. The van der Waals surface area contributed by atoms with Gasteiger partial charge in [0.15, 0.2) is 0 Å². The molecule has 2 N–H and O–H groups in total. The van der Waals surface area contributed by atoms with Gasteiger partial charge in [0.1, 0.15) is 10.6 Å². The van der Waals surface area contributed by atoms with Crippen LogP contribution in [-0.2, 0) is 4.74 Å². The number of ether oxygens (including phenoxy) is 1. The Hall–Kier alpha value is -1.23. The molecule has 0 spiro atoms. The lowest BCUT2D eigenvalue weighted by atomic mass is 10.0. The number of carbonyl (C=O) groups excluding carboxylic acids is 1. The predicted molar refractivity (Wildman–Crippen MR) is 75.5 cm³/mol. The molecule has 0 saturated carbocycles. The van der Waals surface area contributed by atoms with Crippen LogP contribution in [-0.4, -0.2) is 13.1 Å². The number of hydrogen-bond donors (Lipinski definition) is 1. The molecule has 2 rings (SSSR count). The van der Waals surface area contributed by atoms with E-state index in [9.17, 15) is 4.79 Å². The van der Waals surface area contributed by atoms with Gasteiger partial charge in [0.2, 0.25) is 0 Å². The Morgan fingerprint density at radius 1 is 1.33 bits per heavy atom. The van der Waals surface area contributed by atoms with Gasteiger partial charge in [-0.1, -0.05) is 29.3 Å². The summed E-state index contributed by atoms with van der Waals surface area (Å²) in [4.78, 5) is 11.7.